The van der Waals surface area contributed by atoms with E-state index in [0.29, 0.717) is 5.92 Å². The predicted octanol–water partition coefficient (Wildman–Crippen LogP) is 8.08. The largest absolute Gasteiger partial charge is 0.378 e. The van der Waals surface area contributed by atoms with Gasteiger partial charge in [0.25, 0.3) is 0 Å². The van der Waals surface area contributed by atoms with Crippen molar-refractivity contribution in [1.29, 1.82) is 0 Å². The van der Waals surface area contributed by atoms with Crippen LogP contribution in [0.1, 0.15) is 119 Å². The minimum Gasteiger partial charge on any atom is -0.378 e. The molecule has 2 aromatic rings. The third-order valence-electron chi connectivity index (χ3n) is 8.45. The summed E-state index contributed by atoms with van der Waals surface area (Å²) in [4.78, 5) is 14.5. The zero-order chi connectivity index (χ0) is 22.8. The van der Waals surface area contributed by atoms with Crippen molar-refractivity contribution in [2.45, 2.75) is 108 Å². The first-order chi connectivity index (χ1) is 16.1. The smallest absolute Gasteiger partial charge is 0.224 e. The minimum atomic E-state index is 0.143. The second-order valence-corrected chi connectivity index (χ2v) is 10.8. The van der Waals surface area contributed by atoms with Crippen molar-refractivity contribution in [2.24, 2.45) is 0 Å². The van der Waals surface area contributed by atoms with E-state index in [4.69, 9.17) is 0 Å². The topological polar surface area (TPSA) is 32.3 Å². The van der Waals surface area contributed by atoms with Crippen molar-refractivity contribution in [3.63, 3.8) is 0 Å². The second-order valence-electron chi connectivity index (χ2n) is 10.8. The SMILES string of the molecule is CC(=O)N1c2ccc(C3CCCCC3)cc2[C@H](Nc2ccc(C3CCCCC3)cc2)C[C@@H]1C. The molecule has 176 valence electrons. The van der Waals surface area contributed by atoms with Crippen LogP contribution in [0.5, 0.6) is 0 Å². The summed E-state index contributed by atoms with van der Waals surface area (Å²) in [6.45, 7) is 3.88. The number of benzene rings is 2. The fourth-order valence-corrected chi connectivity index (χ4v) is 6.68. The van der Waals surface area contributed by atoms with Crippen LogP contribution >= 0.6 is 0 Å². The molecule has 2 saturated carbocycles. The van der Waals surface area contributed by atoms with Crippen LogP contribution in [0.25, 0.3) is 0 Å². The maximum Gasteiger partial charge on any atom is 0.224 e. The van der Waals surface area contributed by atoms with Crippen molar-refractivity contribution in [3.05, 3.63) is 59.2 Å². The number of nitrogens with zero attached hydrogens (tertiary/aromatic N) is 1. The molecular weight excluding hydrogens is 404 g/mol. The summed E-state index contributed by atoms with van der Waals surface area (Å²) >= 11 is 0. The molecule has 1 heterocycles. The molecule has 0 spiro atoms. The Morgan fingerprint density at radius 3 is 2.00 bits per heavy atom. The van der Waals surface area contributed by atoms with Gasteiger partial charge in [-0.3, -0.25) is 4.79 Å². The molecule has 2 atom stereocenters. The van der Waals surface area contributed by atoms with Crippen LogP contribution in [-0.4, -0.2) is 11.9 Å². The molecule has 0 saturated heterocycles. The number of anilines is 2. The van der Waals surface area contributed by atoms with Crippen LogP contribution in [-0.2, 0) is 4.79 Å². The minimum absolute atomic E-state index is 0.143. The Morgan fingerprint density at radius 1 is 0.818 bits per heavy atom. The van der Waals surface area contributed by atoms with Crippen LogP contribution in [0.2, 0.25) is 0 Å². The highest BCUT2D eigenvalue weighted by Gasteiger charge is 2.33. The third-order valence-corrected chi connectivity index (χ3v) is 8.45. The Hall–Kier alpha value is -2.29. The number of amides is 1. The van der Waals surface area contributed by atoms with Gasteiger partial charge in [0.1, 0.15) is 0 Å². The number of hydrogen-bond acceptors (Lipinski definition) is 2. The van der Waals surface area contributed by atoms with E-state index in [1.807, 2.05) is 4.90 Å². The summed E-state index contributed by atoms with van der Waals surface area (Å²) in [5.41, 5.74) is 6.54. The van der Waals surface area contributed by atoms with E-state index in [-0.39, 0.29) is 18.0 Å². The second kappa shape index (κ2) is 9.91. The first-order valence-corrected chi connectivity index (χ1v) is 13.4. The summed E-state index contributed by atoms with van der Waals surface area (Å²) in [5.74, 6) is 1.56. The highest BCUT2D eigenvalue weighted by Crippen LogP contribution is 2.42. The highest BCUT2D eigenvalue weighted by molar-refractivity contribution is 5.93. The number of carbonyl (C=O) groups excluding carboxylic acids is 1. The summed E-state index contributed by atoms with van der Waals surface area (Å²) in [5, 5.41) is 3.85. The molecule has 33 heavy (non-hydrogen) atoms. The fraction of sp³-hybridized carbons (Fsp3) is 0.567. The predicted molar refractivity (Wildman–Crippen MR) is 138 cm³/mol. The van der Waals surface area contributed by atoms with E-state index in [2.05, 4.69) is 54.7 Å². The van der Waals surface area contributed by atoms with Gasteiger partial charge in [-0.15, -0.1) is 0 Å². The Bertz CT molecular complexity index is 954. The van der Waals surface area contributed by atoms with Gasteiger partial charge in [0.2, 0.25) is 5.91 Å². The number of carbonyl (C=O) groups is 1. The Kier molecular flexibility index (Phi) is 6.76. The molecule has 0 aromatic heterocycles. The molecule has 3 aliphatic rings. The molecule has 1 amide bonds. The fourth-order valence-electron chi connectivity index (χ4n) is 6.68. The summed E-state index contributed by atoms with van der Waals surface area (Å²) in [6, 6.07) is 16.6. The number of hydrogen-bond donors (Lipinski definition) is 1. The van der Waals surface area contributed by atoms with E-state index >= 15 is 0 Å². The van der Waals surface area contributed by atoms with Crippen molar-refractivity contribution in [1.82, 2.24) is 0 Å². The average Bonchev–Trinajstić information content (AvgIpc) is 2.85. The molecule has 3 nitrogen and oxygen atoms in total. The average molecular weight is 445 g/mol. The van der Waals surface area contributed by atoms with Crippen LogP contribution in [0.15, 0.2) is 42.5 Å². The van der Waals surface area contributed by atoms with E-state index in [0.717, 1.165) is 18.0 Å². The first-order valence-electron chi connectivity index (χ1n) is 13.4. The molecule has 0 unspecified atom stereocenters. The van der Waals surface area contributed by atoms with Gasteiger partial charge in [-0.1, -0.05) is 62.8 Å². The van der Waals surface area contributed by atoms with Gasteiger partial charge >= 0.3 is 0 Å². The Balaban J connectivity index is 1.41. The lowest BCUT2D eigenvalue weighted by Crippen LogP contribution is -2.43. The lowest BCUT2D eigenvalue weighted by molar-refractivity contribution is -0.117. The molecule has 3 heteroatoms. The standard InChI is InChI=1S/C30H40N2O/c1-21-19-29(31-27-16-13-25(14-17-27)23-9-5-3-6-10-23)28-20-26(24-11-7-4-8-12-24)15-18-30(28)32(21)22(2)33/h13-18,20-21,23-24,29,31H,3-12,19H2,1-2H3/t21-,29+/m0/s1. The van der Waals surface area contributed by atoms with Gasteiger partial charge in [-0.05, 0) is 85.8 Å². The van der Waals surface area contributed by atoms with Gasteiger partial charge in [0, 0.05) is 24.3 Å². The van der Waals surface area contributed by atoms with Crippen LogP contribution < -0.4 is 10.2 Å². The number of rotatable bonds is 4. The molecule has 1 aliphatic heterocycles. The molecule has 2 aliphatic carbocycles. The highest BCUT2D eigenvalue weighted by atomic mass is 16.2. The molecule has 5 rings (SSSR count). The van der Waals surface area contributed by atoms with E-state index in [1.54, 1.807) is 6.92 Å². The lowest BCUT2D eigenvalue weighted by Gasteiger charge is -2.40. The van der Waals surface area contributed by atoms with Crippen molar-refractivity contribution in [3.8, 4) is 0 Å². The monoisotopic (exact) mass is 444 g/mol. The molecule has 2 aromatic carbocycles. The molecule has 2 fully saturated rings. The van der Waals surface area contributed by atoms with Gasteiger partial charge in [-0.2, -0.15) is 0 Å². The van der Waals surface area contributed by atoms with Crippen LogP contribution in [0.3, 0.4) is 0 Å². The van der Waals surface area contributed by atoms with Gasteiger partial charge < -0.3 is 10.2 Å². The first kappa shape index (κ1) is 22.5. The van der Waals surface area contributed by atoms with E-state index < -0.39 is 0 Å². The summed E-state index contributed by atoms with van der Waals surface area (Å²) < 4.78 is 0. The van der Waals surface area contributed by atoms with E-state index in [9.17, 15) is 4.79 Å². The maximum atomic E-state index is 12.5. The van der Waals surface area contributed by atoms with Crippen molar-refractivity contribution >= 4 is 17.3 Å². The molecule has 1 N–H and O–H groups in total. The zero-order valence-corrected chi connectivity index (χ0v) is 20.5. The Morgan fingerprint density at radius 2 is 1.39 bits per heavy atom. The van der Waals surface area contributed by atoms with Gasteiger partial charge in [-0.25, -0.2) is 0 Å². The zero-order valence-electron chi connectivity index (χ0n) is 20.5. The summed E-state index contributed by atoms with van der Waals surface area (Å²) in [7, 11) is 0. The van der Waals surface area contributed by atoms with Crippen LogP contribution in [0.4, 0.5) is 11.4 Å². The molecule has 0 bridgehead atoms. The number of fused-ring (bicyclic) bond motifs is 1. The quantitative estimate of drug-likeness (QED) is 0.517. The van der Waals surface area contributed by atoms with Gasteiger partial charge in [0.05, 0.1) is 6.04 Å². The molecule has 0 radical (unpaired) electrons. The van der Waals surface area contributed by atoms with Crippen molar-refractivity contribution < 1.29 is 4.79 Å². The summed E-state index contributed by atoms with van der Waals surface area (Å²) in [6.07, 6.45) is 14.4. The lowest BCUT2D eigenvalue weighted by atomic mass is 9.81. The third kappa shape index (κ3) is 4.83. The van der Waals surface area contributed by atoms with Crippen LogP contribution in [0, 0.1) is 0 Å². The van der Waals surface area contributed by atoms with Gasteiger partial charge in [0.15, 0.2) is 0 Å². The van der Waals surface area contributed by atoms with E-state index in [1.165, 1.54) is 86.6 Å². The maximum absolute atomic E-state index is 12.5. The Labute approximate surface area is 200 Å². The molecular formula is C30H40N2O. The van der Waals surface area contributed by atoms with Crippen molar-refractivity contribution in [2.75, 3.05) is 10.2 Å². The number of nitrogens with one attached hydrogen (secondary N) is 1. The normalized spacial score (nSPS) is 24.4.